The number of piperazine rings is 1. The second kappa shape index (κ2) is 12.0. The van der Waals surface area contributed by atoms with E-state index in [1.54, 1.807) is 18.6 Å². The summed E-state index contributed by atoms with van der Waals surface area (Å²) in [5, 5.41) is 2.75. The summed E-state index contributed by atoms with van der Waals surface area (Å²) in [4.78, 5) is 29.4. The summed E-state index contributed by atoms with van der Waals surface area (Å²) >= 11 is 0. The summed E-state index contributed by atoms with van der Waals surface area (Å²) in [5.74, 6) is -0.305. The number of allylic oxidation sites excluding steroid dienone is 5. The van der Waals surface area contributed by atoms with Crippen molar-refractivity contribution >= 4 is 41.0 Å². The van der Waals surface area contributed by atoms with Gasteiger partial charge in [0.1, 0.15) is 6.67 Å². The number of alkyl halides is 1. The number of carbonyl (C=O) groups is 1. The molecule has 1 amide bonds. The fraction of sp³-hybridized carbons (Fsp3) is 0.214. The third kappa shape index (κ3) is 6.09. The van der Waals surface area contributed by atoms with E-state index < -0.39 is 0 Å². The van der Waals surface area contributed by atoms with Gasteiger partial charge in [0.05, 0.1) is 23.3 Å². The number of carbonyl (C=O) groups excluding carboxylic acids is 1. The van der Waals surface area contributed by atoms with Gasteiger partial charge in [-0.15, -0.1) is 0 Å². The molecule has 2 aromatic rings. The van der Waals surface area contributed by atoms with Crippen LogP contribution in [0.25, 0.3) is 5.57 Å². The Morgan fingerprint density at radius 1 is 1.17 bits per heavy atom. The summed E-state index contributed by atoms with van der Waals surface area (Å²) in [7, 11) is 0. The zero-order valence-electron chi connectivity index (χ0n) is 20.1. The summed E-state index contributed by atoms with van der Waals surface area (Å²) in [6.07, 6.45) is 12.0. The Kier molecular flexibility index (Phi) is 8.31. The number of hydrogen-bond donors (Lipinski definition) is 1. The van der Waals surface area contributed by atoms with Crippen molar-refractivity contribution in [1.29, 1.82) is 0 Å². The maximum atomic E-state index is 12.6. The number of aromatic nitrogens is 1. The Morgan fingerprint density at radius 2 is 1.94 bits per heavy atom. The molecule has 0 unspecified atom stereocenters. The number of amides is 1. The van der Waals surface area contributed by atoms with Gasteiger partial charge >= 0.3 is 0 Å². The summed E-state index contributed by atoms with van der Waals surface area (Å²) in [6.45, 7) is 10.7. The lowest BCUT2D eigenvalue weighted by molar-refractivity contribution is -0.111. The number of nitrogens with one attached hydrogen (secondary N) is 1. The molecule has 0 radical (unpaired) electrons. The van der Waals surface area contributed by atoms with Gasteiger partial charge in [-0.1, -0.05) is 24.8 Å². The molecule has 7 nitrogen and oxygen atoms in total. The van der Waals surface area contributed by atoms with Crippen LogP contribution in [-0.2, 0) is 4.79 Å². The molecular formula is C28H29FN6O. The van der Waals surface area contributed by atoms with Gasteiger partial charge in [-0.05, 0) is 43.1 Å². The van der Waals surface area contributed by atoms with Crippen LogP contribution in [0.15, 0.2) is 95.4 Å². The average Bonchev–Trinajstić information content (AvgIpc) is 2.91. The smallest absolute Gasteiger partial charge is 0.247 e. The highest BCUT2D eigenvalue weighted by atomic mass is 19.1. The second-order valence-corrected chi connectivity index (χ2v) is 8.36. The number of nitrogens with zero attached hydrogens (tertiary/aromatic N) is 5. The molecule has 1 aromatic heterocycles. The number of anilines is 2. The van der Waals surface area contributed by atoms with Gasteiger partial charge in [0.25, 0.3) is 0 Å². The highest BCUT2D eigenvalue weighted by Gasteiger charge is 2.19. The SMILES string of the molecule is C=CC(=O)Nc1cncc(C2=CC=C/C(=C/N=C)C2=Nc2ccc(N3CCN(CCF)CC3)cc2)c1. The van der Waals surface area contributed by atoms with E-state index in [9.17, 15) is 9.18 Å². The van der Waals surface area contributed by atoms with Crippen molar-refractivity contribution in [2.45, 2.75) is 0 Å². The third-order valence-corrected chi connectivity index (χ3v) is 6.03. The molecule has 1 aliphatic heterocycles. The molecule has 0 bridgehead atoms. The number of halogens is 1. The van der Waals surface area contributed by atoms with Crippen molar-refractivity contribution < 1.29 is 9.18 Å². The molecule has 0 atom stereocenters. The fourth-order valence-electron chi connectivity index (χ4n) is 4.19. The zero-order valence-corrected chi connectivity index (χ0v) is 20.1. The lowest BCUT2D eigenvalue weighted by Crippen LogP contribution is -2.47. The van der Waals surface area contributed by atoms with Gasteiger partial charge < -0.3 is 10.2 Å². The van der Waals surface area contributed by atoms with Crippen LogP contribution in [0.1, 0.15) is 5.56 Å². The van der Waals surface area contributed by atoms with E-state index in [0.717, 1.165) is 60.0 Å². The summed E-state index contributed by atoms with van der Waals surface area (Å²) in [6, 6.07) is 9.95. The molecule has 0 spiro atoms. The van der Waals surface area contributed by atoms with Crippen molar-refractivity contribution in [3.63, 3.8) is 0 Å². The van der Waals surface area contributed by atoms with Crippen LogP contribution in [-0.4, -0.2) is 67.6 Å². The van der Waals surface area contributed by atoms with E-state index in [1.807, 2.05) is 36.4 Å². The van der Waals surface area contributed by atoms with Crippen LogP contribution in [0, 0.1) is 0 Å². The average molecular weight is 485 g/mol. The van der Waals surface area contributed by atoms with Crippen LogP contribution in [0.3, 0.4) is 0 Å². The minimum absolute atomic E-state index is 0.303. The first-order valence-electron chi connectivity index (χ1n) is 11.8. The Balaban J connectivity index is 1.59. The normalized spacial score (nSPS) is 18.2. The molecule has 36 heavy (non-hydrogen) atoms. The predicted octanol–water partition coefficient (Wildman–Crippen LogP) is 4.61. The van der Waals surface area contributed by atoms with Crippen molar-refractivity contribution in [2.24, 2.45) is 9.98 Å². The topological polar surface area (TPSA) is 73.2 Å². The van der Waals surface area contributed by atoms with Crippen molar-refractivity contribution in [2.75, 3.05) is 49.6 Å². The van der Waals surface area contributed by atoms with E-state index in [2.05, 4.69) is 50.5 Å². The molecule has 1 aromatic carbocycles. The highest BCUT2D eigenvalue weighted by Crippen LogP contribution is 2.30. The molecule has 1 N–H and O–H groups in total. The Morgan fingerprint density at radius 3 is 2.64 bits per heavy atom. The lowest BCUT2D eigenvalue weighted by Gasteiger charge is -2.35. The van der Waals surface area contributed by atoms with Crippen LogP contribution >= 0.6 is 0 Å². The third-order valence-electron chi connectivity index (χ3n) is 6.03. The summed E-state index contributed by atoms with van der Waals surface area (Å²) in [5.41, 5.74) is 5.68. The standard InChI is InChI=1S/C28H29FN6O/c1-3-27(36)32-24-17-22(19-31-20-24)26-6-4-5-21(18-30-2)28(26)33-23-7-9-25(10-8-23)35-15-13-34(12-11-29)14-16-35/h3-10,17-20H,1-2,11-16H2,(H,32,36)/b21-18-,33-28?. The monoisotopic (exact) mass is 484 g/mol. The molecule has 8 heteroatoms. The fourth-order valence-corrected chi connectivity index (χ4v) is 4.19. The number of benzene rings is 1. The van der Waals surface area contributed by atoms with E-state index in [4.69, 9.17) is 4.99 Å². The van der Waals surface area contributed by atoms with Crippen molar-refractivity contribution in [3.05, 3.63) is 90.9 Å². The Hall–Kier alpha value is -4.17. The van der Waals surface area contributed by atoms with E-state index in [0.29, 0.717) is 12.2 Å². The largest absolute Gasteiger partial charge is 0.369 e. The number of hydrogen-bond acceptors (Lipinski definition) is 6. The summed E-state index contributed by atoms with van der Waals surface area (Å²) < 4.78 is 12.6. The van der Waals surface area contributed by atoms with E-state index in [1.165, 1.54) is 6.08 Å². The van der Waals surface area contributed by atoms with Crippen LogP contribution in [0.5, 0.6) is 0 Å². The first-order valence-corrected chi connectivity index (χ1v) is 11.8. The molecule has 1 saturated heterocycles. The minimum Gasteiger partial charge on any atom is -0.369 e. The molecule has 2 heterocycles. The van der Waals surface area contributed by atoms with Gasteiger partial charge in [-0.3, -0.25) is 19.7 Å². The number of pyridine rings is 1. The van der Waals surface area contributed by atoms with Gasteiger partial charge in [0.15, 0.2) is 0 Å². The maximum Gasteiger partial charge on any atom is 0.247 e. The van der Waals surface area contributed by atoms with Crippen LogP contribution in [0.4, 0.5) is 21.5 Å². The Labute approximate surface area is 210 Å². The van der Waals surface area contributed by atoms with Crippen molar-refractivity contribution in [1.82, 2.24) is 9.88 Å². The lowest BCUT2D eigenvalue weighted by atomic mass is 9.92. The predicted molar refractivity (Wildman–Crippen MR) is 146 cm³/mol. The van der Waals surface area contributed by atoms with Gasteiger partial charge in [0.2, 0.25) is 5.91 Å². The van der Waals surface area contributed by atoms with Crippen LogP contribution in [0.2, 0.25) is 0 Å². The van der Waals surface area contributed by atoms with E-state index >= 15 is 0 Å². The molecule has 184 valence electrons. The van der Waals surface area contributed by atoms with Gasteiger partial charge in [-0.25, -0.2) is 9.38 Å². The molecule has 4 rings (SSSR count). The molecule has 1 fully saturated rings. The van der Waals surface area contributed by atoms with Gasteiger partial charge in [-0.2, -0.15) is 0 Å². The van der Waals surface area contributed by atoms with Crippen molar-refractivity contribution in [3.8, 4) is 0 Å². The minimum atomic E-state index is -0.305. The molecule has 0 saturated carbocycles. The number of aliphatic imine (C=N–C) groups is 2. The molecule has 1 aliphatic carbocycles. The Bertz CT molecular complexity index is 1240. The number of rotatable bonds is 8. The van der Waals surface area contributed by atoms with Gasteiger partial charge in [0, 0.05) is 67.5 Å². The first kappa shape index (κ1) is 24.9. The van der Waals surface area contributed by atoms with Crippen LogP contribution < -0.4 is 10.2 Å². The first-order chi connectivity index (χ1) is 17.6. The quantitative estimate of drug-likeness (QED) is 0.439. The zero-order chi connectivity index (χ0) is 25.3. The molecule has 2 aliphatic rings. The molecular weight excluding hydrogens is 455 g/mol. The van der Waals surface area contributed by atoms with E-state index in [-0.39, 0.29) is 12.6 Å². The highest BCUT2D eigenvalue weighted by molar-refractivity contribution is 6.34. The maximum absolute atomic E-state index is 12.6. The second-order valence-electron chi connectivity index (χ2n) is 8.36.